The molecular formula is C23H23FN4O. The van der Waals surface area contributed by atoms with E-state index >= 15 is 0 Å². The number of amides is 1. The standard InChI is InChI=1S/C23H23FN4O/c1-16-2-8-20(9-3-16)25-23(29)18-12-14-28(15-13-18)22-11-10-21(26-27-22)17-4-6-19(24)7-5-17/h2-11,18H,12-15H2,1H3,(H,25,29). The second-order valence-electron chi connectivity index (χ2n) is 7.40. The first-order valence-electron chi connectivity index (χ1n) is 9.80. The van der Waals surface area contributed by atoms with Gasteiger partial charge in [0.25, 0.3) is 0 Å². The van der Waals surface area contributed by atoms with Gasteiger partial charge in [-0.05, 0) is 68.3 Å². The Morgan fingerprint density at radius 2 is 1.66 bits per heavy atom. The van der Waals surface area contributed by atoms with E-state index in [-0.39, 0.29) is 17.6 Å². The molecule has 2 heterocycles. The normalized spacial score (nSPS) is 14.6. The topological polar surface area (TPSA) is 58.1 Å². The number of nitrogens with one attached hydrogen (secondary N) is 1. The highest BCUT2D eigenvalue weighted by molar-refractivity contribution is 5.92. The number of carbonyl (C=O) groups excluding carboxylic acids is 1. The van der Waals surface area contributed by atoms with E-state index in [1.54, 1.807) is 12.1 Å². The molecule has 0 saturated carbocycles. The Balaban J connectivity index is 1.33. The predicted molar refractivity (Wildman–Crippen MR) is 112 cm³/mol. The molecule has 3 aromatic rings. The highest BCUT2D eigenvalue weighted by atomic mass is 19.1. The Hall–Kier alpha value is -3.28. The zero-order chi connectivity index (χ0) is 20.2. The van der Waals surface area contributed by atoms with E-state index in [0.717, 1.165) is 43.0 Å². The van der Waals surface area contributed by atoms with E-state index < -0.39 is 0 Å². The van der Waals surface area contributed by atoms with Crippen LogP contribution in [0.3, 0.4) is 0 Å². The molecule has 1 aliphatic rings. The Bertz CT molecular complexity index is 963. The number of hydrogen-bond acceptors (Lipinski definition) is 4. The molecule has 1 fully saturated rings. The van der Waals surface area contributed by atoms with Gasteiger partial charge in [-0.3, -0.25) is 4.79 Å². The summed E-state index contributed by atoms with van der Waals surface area (Å²) in [6, 6.07) is 17.9. The summed E-state index contributed by atoms with van der Waals surface area (Å²) in [7, 11) is 0. The second-order valence-corrected chi connectivity index (χ2v) is 7.40. The molecule has 0 aliphatic carbocycles. The van der Waals surface area contributed by atoms with Gasteiger partial charge in [-0.1, -0.05) is 17.7 Å². The summed E-state index contributed by atoms with van der Waals surface area (Å²) in [5.41, 5.74) is 3.55. The van der Waals surface area contributed by atoms with Gasteiger partial charge >= 0.3 is 0 Å². The van der Waals surface area contributed by atoms with Crippen molar-refractivity contribution in [3.63, 3.8) is 0 Å². The summed E-state index contributed by atoms with van der Waals surface area (Å²) in [6.07, 6.45) is 1.55. The maximum Gasteiger partial charge on any atom is 0.227 e. The fraction of sp³-hybridized carbons (Fsp3) is 0.261. The number of aromatic nitrogens is 2. The van der Waals surface area contributed by atoms with Gasteiger partial charge in [0.1, 0.15) is 5.82 Å². The molecule has 29 heavy (non-hydrogen) atoms. The minimum absolute atomic E-state index is 0.000925. The van der Waals surface area contributed by atoms with Crippen molar-refractivity contribution in [1.82, 2.24) is 10.2 Å². The van der Waals surface area contributed by atoms with Gasteiger partial charge in [0, 0.05) is 30.3 Å². The van der Waals surface area contributed by atoms with Crippen molar-refractivity contribution >= 4 is 17.4 Å². The van der Waals surface area contributed by atoms with Crippen LogP contribution in [0.2, 0.25) is 0 Å². The fourth-order valence-electron chi connectivity index (χ4n) is 3.52. The first-order chi connectivity index (χ1) is 14.1. The molecule has 4 rings (SSSR count). The van der Waals surface area contributed by atoms with Crippen molar-refractivity contribution in [2.75, 3.05) is 23.3 Å². The van der Waals surface area contributed by atoms with E-state index in [4.69, 9.17) is 0 Å². The monoisotopic (exact) mass is 390 g/mol. The van der Waals surface area contributed by atoms with Gasteiger partial charge < -0.3 is 10.2 Å². The lowest BCUT2D eigenvalue weighted by molar-refractivity contribution is -0.120. The van der Waals surface area contributed by atoms with Gasteiger partial charge in [-0.2, -0.15) is 0 Å². The summed E-state index contributed by atoms with van der Waals surface area (Å²) in [4.78, 5) is 14.7. The Labute approximate surface area is 169 Å². The van der Waals surface area contributed by atoms with Crippen LogP contribution < -0.4 is 10.2 Å². The van der Waals surface area contributed by atoms with Gasteiger partial charge in [-0.15, -0.1) is 10.2 Å². The van der Waals surface area contributed by atoms with E-state index in [2.05, 4.69) is 20.4 Å². The molecule has 0 atom stereocenters. The maximum atomic E-state index is 13.1. The maximum absolute atomic E-state index is 13.1. The highest BCUT2D eigenvalue weighted by Crippen LogP contribution is 2.24. The molecule has 0 radical (unpaired) electrons. The van der Waals surface area contributed by atoms with Crippen LogP contribution in [0.5, 0.6) is 0 Å². The third-order valence-corrected chi connectivity index (χ3v) is 5.30. The van der Waals surface area contributed by atoms with Gasteiger partial charge in [0.05, 0.1) is 5.69 Å². The molecular weight excluding hydrogens is 367 g/mol. The quantitative estimate of drug-likeness (QED) is 0.715. The van der Waals surface area contributed by atoms with Crippen molar-refractivity contribution in [3.8, 4) is 11.3 Å². The minimum Gasteiger partial charge on any atom is -0.355 e. The summed E-state index contributed by atoms with van der Waals surface area (Å²) < 4.78 is 13.1. The van der Waals surface area contributed by atoms with Crippen LogP contribution >= 0.6 is 0 Å². The van der Waals surface area contributed by atoms with Crippen LogP contribution in [0.15, 0.2) is 60.7 Å². The number of anilines is 2. The van der Waals surface area contributed by atoms with E-state index in [1.807, 2.05) is 43.3 Å². The van der Waals surface area contributed by atoms with Crippen LogP contribution in [0, 0.1) is 18.7 Å². The Morgan fingerprint density at radius 3 is 2.28 bits per heavy atom. The molecule has 0 unspecified atom stereocenters. The van der Waals surface area contributed by atoms with Crippen LogP contribution in [-0.2, 0) is 4.79 Å². The average Bonchev–Trinajstić information content (AvgIpc) is 2.76. The van der Waals surface area contributed by atoms with Gasteiger partial charge in [0.15, 0.2) is 5.82 Å². The minimum atomic E-state index is -0.271. The molecule has 6 heteroatoms. The molecule has 5 nitrogen and oxygen atoms in total. The predicted octanol–water partition coefficient (Wildman–Crippen LogP) is 4.45. The van der Waals surface area contributed by atoms with Crippen molar-refractivity contribution in [1.29, 1.82) is 0 Å². The second kappa shape index (κ2) is 8.39. The average molecular weight is 390 g/mol. The molecule has 0 spiro atoms. The third kappa shape index (κ3) is 4.59. The van der Waals surface area contributed by atoms with Gasteiger partial charge in [-0.25, -0.2) is 4.39 Å². The lowest BCUT2D eigenvalue weighted by atomic mass is 9.95. The molecule has 0 bridgehead atoms. The largest absolute Gasteiger partial charge is 0.355 e. The zero-order valence-electron chi connectivity index (χ0n) is 16.3. The smallest absolute Gasteiger partial charge is 0.227 e. The first kappa shape index (κ1) is 19.1. The number of nitrogens with zero attached hydrogens (tertiary/aromatic N) is 3. The Kier molecular flexibility index (Phi) is 5.51. The molecule has 1 saturated heterocycles. The summed E-state index contributed by atoms with van der Waals surface area (Å²) in [5, 5.41) is 11.6. The first-order valence-corrected chi connectivity index (χ1v) is 9.80. The number of hydrogen-bond donors (Lipinski definition) is 1. The number of carbonyl (C=O) groups is 1. The van der Waals surface area contributed by atoms with Crippen molar-refractivity contribution in [3.05, 3.63) is 72.0 Å². The molecule has 1 aliphatic heterocycles. The summed E-state index contributed by atoms with van der Waals surface area (Å²) in [5.74, 6) is 0.603. The van der Waals surface area contributed by atoms with Gasteiger partial charge in [0.2, 0.25) is 5.91 Å². The van der Waals surface area contributed by atoms with E-state index in [1.165, 1.54) is 17.7 Å². The lowest BCUT2D eigenvalue weighted by Gasteiger charge is -2.31. The van der Waals surface area contributed by atoms with Crippen LogP contribution in [0.1, 0.15) is 18.4 Å². The van der Waals surface area contributed by atoms with Crippen molar-refractivity contribution in [2.45, 2.75) is 19.8 Å². The van der Waals surface area contributed by atoms with Crippen LogP contribution in [0.25, 0.3) is 11.3 Å². The molecule has 1 N–H and O–H groups in total. The molecule has 2 aromatic carbocycles. The zero-order valence-corrected chi connectivity index (χ0v) is 16.3. The number of piperidine rings is 1. The summed E-state index contributed by atoms with van der Waals surface area (Å²) >= 11 is 0. The van der Waals surface area contributed by atoms with Crippen molar-refractivity contribution in [2.24, 2.45) is 5.92 Å². The highest BCUT2D eigenvalue weighted by Gasteiger charge is 2.25. The molecule has 148 valence electrons. The number of benzene rings is 2. The SMILES string of the molecule is Cc1ccc(NC(=O)C2CCN(c3ccc(-c4ccc(F)cc4)nn3)CC2)cc1. The Morgan fingerprint density at radius 1 is 0.966 bits per heavy atom. The lowest BCUT2D eigenvalue weighted by Crippen LogP contribution is -2.38. The third-order valence-electron chi connectivity index (χ3n) is 5.30. The van der Waals surface area contributed by atoms with Crippen molar-refractivity contribution < 1.29 is 9.18 Å². The van der Waals surface area contributed by atoms with Crippen LogP contribution in [0.4, 0.5) is 15.9 Å². The number of aryl methyl sites for hydroxylation is 1. The molecule has 1 aromatic heterocycles. The van der Waals surface area contributed by atoms with E-state index in [0.29, 0.717) is 5.69 Å². The number of rotatable bonds is 4. The fourth-order valence-corrected chi connectivity index (χ4v) is 3.52. The van der Waals surface area contributed by atoms with Crippen LogP contribution in [-0.4, -0.2) is 29.2 Å². The summed E-state index contributed by atoms with van der Waals surface area (Å²) in [6.45, 7) is 3.55. The number of halogens is 1. The molecule has 1 amide bonds. The van der Waals surface area contributed by atoms with E-state index in [9.17, 15) is 9.18 Å².